The molecule has 144 valence electrons. The molecule has 1 aliphatic carbocycles. The van der Waals surface area contributed by atoms with E-state index in [1.807, 2.05) is 30.5 Å². The summed E-state index contributed by atoms with van der Waals surface area (Å²) in [4.78, 5) is 27.4. The third-order valence-electron chi connectivity index (χ3n) is 5.26. The van der Waals surface area contributed by atoms with Crippen molar-refractivity contribution in [2.24, 2.45) is 11.8 Å². The Labute approximate surface area is 161 Å². The molecule has 2 rings (SSSR count). The minimum absolute atomic E-state index is 0.00392. The first-order valence-corrected chi connectivity index (χ1v) is 10.5. The second-order valence-electron chi connectivity index (χ2n) is 7.36. The number of anilines is 1. The van der Waals surface area contributed by atoms with Gasteiger partial charge in [0.05, 0.1) is 18.8 Å². The first kappa shape index (κ1) is 20.8. The summed E-state index contributed by atoms with van der Waals surface area (Å²) in [6.07, 6.45) is 5.44. The molecule has 0 spiro atoms. The molecule has 6 heteroatoms. The summed E-state index contributed by atoms with van der Waals surface area (Å²) in [6, 6.07) is 7.97. The van der Waals surface area contributed by atoms with Crippen LogP contribution in [0.25, 0.3) is 0 Å². The Bertz CT molecular complexity index is 623. The Kier molecular flexibility index (Phi) is 7.97. The molecule has 1 aromatic carbocycles. The van der Waals surface area contributed by atoms with E-state index in [1.165, 1.54) is 12.8 Å². The normalized spacial score (nSPS) is 22.9. The standard InChI is InChI=1S/C20H31N3O2S/c1-14-8-7-10-16(15(14)2)21-19(24)12-23(3)13-20(25)22-17-9-5-6-11-18(17)26-4/h5-6,9,11,14-16H,7-8,10,12-13H2,1-4H3,(H,21,24)(H,22,25). The van der Waals surface area contributed by atoms with Crippen LogP contribution in [0.2, 0.25) is 0 Å². The van der Waals surface area contributed by atoms with Crippen LogP contribution < -0.4 is 10.6 Å². The smallest absolute Gasteiger partial charge is 0.238 e. The van der Waals surface area contributed by atoms with Gasteiger partial charge in [-0.2, -0.15) is 0 Å². The Morgan fingerprint density at radius 3 is 2.58 bits per heavy atom. The highest BCUT2D eigenvalue weighted by Crippen LogP contribution is 2.29. The molecule has 1 saturated carbocycles. The van der Waals surface area contributed by atoms with Crippen LogP contribution in [0.3, 0.4) is 0 Å². The van der Waals surface area contributed by atoms with Crippen molar-refractivity contribution in [2.45, 2.75) is 44.0 Å². The lowest BCUT2D eigenvalue weighted by Crippen LogP contribution is -2.47. The van der Waals surface area contributed by atoms with Crippen LogP contribution in [-0.4, -0.2) is 49.1 Å². The van der Waals surface area contributed by atoms with E-state index < -0.39 is 0 Å². The van der Waals surface area contributed by atoms with Gasteiger partial charge in [0.2, 0.25) is 11.8 Å². The molecule has 0 radical (unpaired) electrons. The second-order valence-corrected chi connectivity index (χ2v) is 8.21. The average molecular weight is 378 g/mol. The molecular weight excluding hydrogens is 346 g/mol. The number of nitrogens with zero attached hydrogens (tertiary/aromatic N) is 1. The van der Waals surface area contributed by atoms with Crippen LogP contribution in [0.15, 0.2) is 29.2 Å². The maximum Gasteiger partial charge on any atom is 0.238 e. The van der Waals surface area contributed by atoms with E-state index >= 15 is 0 Å². The molecule has 1 aromatic rings. The van der Waals surface area contributed by atoms with Gasteiger partial charge in [-0.1, -0.05) is 38.8 Å². The van der Waals surface area contributed by atoms with Crippen LogP contribution >= 0.6 is 11.8 Å². The highest BCUT2D eigenvalue weighted by atomic mass is 32.2. The molecule has 3 unspecified atom stereocenters. The second kappa shape index (κ2) is 9.97. The third kappa shape index (κ3) is 6.02. The van der Waals surface area contributed by atoms with Gasteiger partial charge in [-0.05, 0) is 43.7 Å². The molecule has 1 aliphatic rings. The minimum atomic E-state index is -0.110. The lowest BCUT2D eigenvalue weighted by Gasteiger charge is -2.34. The highest BCUT2D eigenvalue weighted by molar-refractivity contribution is 7.98. The van der Waals surface area contributed by atoms with Gasteiger partial charge in [0, 0.05) is 10.9 Å². The maximum absolute atomic E-state index is 12.3. The summed E-state index contributed by atoms with van der Waals surface area (Å²) in [5, 5.41) is 6.08. The van der Waals surface area contributed by atoms with Crippen LogP contribution in [0.4, 0.5) is 5.69 Å². The molecule has 0 heterocycles. The third-order valence-corrected chi connectivity index (χ3v) is 6.06. The Morgan fingerprint density at radius 2 is 1.85 bits per heavy atom. The van der Waals surface area contributed by atoms with E-state index in [2.05, 4.69) is 24.5 Å². The fourth-order valence-corrected chi connectivity index (χ4v) is 4.08. The molecule has 0 aromatic heterocycles. The SMILES string of the molecule is CSc1ccccc1NC(=O)CN(C)CC(=O)NC1CCCC(C)C1C. The van der Waals surface area contributed by atoms with Gasteiger partial charge in [-0.15, -0.1) is 11.8 Å². The van der Waals surface area contributed by atoms with Crippen molar-refractivity contribution in [1.29, 1.82) is 0 Å². The number of amides is 2. The van der Waals surface area contributed by atoms with Crippen molar-refractivity contribution >= 4 is 29.3 Å². The number of likely N-dealkylation sites (N-methyl/N-ethyl adjacent to an activating group) is 1. The Hall–Kier alpha value is -1.53. The minimum Gasteiger partial charge on any atom is -0.352 e. The number of hydrogen-bond acceptors (Lipinski definition) is 4. The van der Waals surface area contributed by atoms with Crippen molar-refractivity contribution in [3.05, 3.63) is 24.3 Å². The summed E-state index contributed by atoms with van der Waals surface area (Å²) in [5.41, 5.74) is 0.813. The number of thioether (sulfide) groups is 1. The zero-order valence-corrected chi connectivity index (χ0v) is 17.1. The molecular formula is C20H31N3O2S. The molecule has 0 bridgehead atoms. The number of carbonyl (C=O) groups is 2. The topological polar surface area (TPSA) is 61.4 Å². The van der Waals surface area contributed by atoms with Crippen molar-refractivity contribution in [3.8, 4) is 0 Å². The predicted octanol–water partition coefficient (Wildman–Crippen LogP) is 3.22. The summed E-state index contributed by atoms with van der Waals surface area (Å²) in [6.45, 7) is 4.89. The van der Waals surface area contributed by atoms with Crippen LogP contribution in [0.5, 0.6) is 0 Å². The van der Waals surface area contributed by atoms with Crippen molar-refractivity contribution < 1.29 is 9.59 Å². The van der Waals surface area contributed by atoms with Crippen molar-refractivity contribution in [1.82, 2.24) is 10.2 Å². The zero-order valence-electron chi connectivity index (χ0n) is 16.2. The van der Waals surface area contributed by atoms with Gasteiger partial charge in [-0.25, -0.2) is 0 Å². The fraction of sp³-hybridized carbons (Fsp3) is 0.600. The van der Waals surface area contributed by atoms with Gasteiger partial charge in [-0.3, -0.25) is 14.5 Å². The average Bonchev–Trinajstić information content (AvgIpc) is 2.59. The van der Waals surface area contributed by atoms with Gasteiger partial charge < -0.3 is 10.6 Å². The first-order valence-electron chi connectivity index (χ1n) is 9.31. The first-order chi connectivity index (χ1) is 12.4. The van der Waals surface area contributed by atoms with Gasteiger partial charge in [0.25, 0.3) is 0 Å². The number of carbonyl (C=O) groups excluding carboxylic acids is 2. The van der Waals surface area contributed by atoms with Crippen molar-refractivity contribution in [2.75, 3.05) is 31.7 Å². The number of nitrogens with one attached hydrogen (secondary N) is 2. The van der Waals surface area contributed by atoms with Crippen LogP contribution in [0, 0.1) is 11.8 Å². The summed E-state index contributed by atoms with van der Waals surface area (Å²) < 4.78 is 0. The van der Waals surface area contributed by atoms with E-state index in [-0.39, 0.29) is 30.9 Å². The molecule has 5 nitrogen and oxygen atoms in total. The van der Waals surface area contributed by atoms with E-state index in [1.54, 1.807) is 23.7 Å². The molecule has 0 aliphatic heterocycles. The van der Waals surface area contributed by atoms with E-state index in [4.69, 9.17) is 0 Å². The summed E-state index contributed by atoms with van der Waals surface area (Å²) in [7, 11) is 1.80. The number of benzene rings is 1. The largest absolute Gasteiger partial charge is 0.352 e. The molecule has 2 N–H and O–H groups in total. The fourth-order valence-electron chi connectivity index (χ4n) is 3.52. The maximum atomic E-state index is 12.3. The predicted molar refractivity (Wildman–Crippen MR) is 108 cm³/mol. The Morgan fingerprint density at radius 1 is 1.15 bits per heavy atom. The molecule has 1 fully saturated rings. The number of para-hydroxylation sites is 1. The summed E-state index contributed by atoms with van der Waals surface area (Å²) >= 11 is 1.59. The number of rotatable bonds is 7. The molecule has 3 atom stereocenters. The van der Waals surface area contributed by atoms with Crippen LogP contribution in [0.1, 0.15) is 33.1 Å². The molecule has 2 amide bonds. The van der Waals surface area contributed by atoms with E-state index in [0.29, 0.717) is 11.8 Å². The van der Waals surface area contributed by atoms with Gasteiger partial charge in [0.1, 0.15) is 0 Å². The highest BCUT2D eigenvalue weighted by Gasteiger charge is 2.28. The van der Waals surface area contributed by atoms with Crippen LogP contribution in [-0.2, 0) is 9.59 Å². The van der Waals surface area contributed by atoms with E-state index in [0.717, 1.165) is 17.0 Å². The lowest BCUT2D eigenvalue weighted by molar-refractivity contribution is -0.124. The zero-order chi connectivity index (χ0) is 19.1. The van der Waals surface area contributed by atoms with E-state index in [9.17, 15) is 9.59 Å². The molecule has 0 saturated heterocycles. The monoisotopic (exact) mass is 377 g/mol. The quantitative estimate of drug-likeness (QED) is 0.716. The van der Waals surface area contributed by atoms with Gasteiger partial charge >= 0.3 is 0 Å². The lowest BCUT2D eigenvalue weighted by atomic mass is 9.78. The van der Waals surface area contributed by atoms with Crippen molar-refractivity contribution in [3.63, 3.8) is 0 Å². The Balaban J connectivity index is 1.79. The number of hydrogen-bond donors (Lipinski definition) is 2. The summed E-state index contributed by atoms with van der Waals surface area (Å²) in [5.74, 6) is 1.04. The van der Waals surface area contributed by atoms with Gasteiger partial charge in [0.15, 0.2) is 0 Å². The molecule has 26 heavy (non-hydrogen) atoms.